The number of hydrogen-bond donors (Lipinski definition) is 1. The van der Waals surface area contributed by atoms with Gasteiger partial charge in [-0.1, -0.05) is 6.07 Å². The van der Waals surface area contributed by atoms with E-state index in [1.807, 2.05) is 11.0 Å². The van der Waals surface area contributed by atoms with Gasteiger partial charge in [-0.15, -0.1) is 11.3 Å². The van der Waals surface area contributed by atoms with Gasteiger partial charge in [0, 0.05) is 19.8 Å². The fourth-order valence-corrected chi connectivity index (χ4v) is 6.80. The summed E-state index contributed by atoms with van der Waals surface area (Å²) in [5.41, 5.74) is 7.72. The highest BCUT2D eigenvalue weighted by Gasteiger charge is 2.51. The molecule has 0 unspecified atom stereocenters. The minimum absolute atomic E-state index is 0.319. The summed E-state index contributed by atoms with van der Waals surface area (Å²) < 4.78 is 12.4. The first-order chi connectivity index (χ1) is 13.6. The molecule has 2 bridgehead atoms. The molecule has 2 amide bonds. The lowest BCUT2D eigenvalue weighted by atomic mass is 9.71. The van der Waals surface area contributed by atoms with Crippen molar-refractivity contribution in [2.24, 2.45) is 11.7 Å². The first-order valence-corrected chi connectivity index (χ1v) is 11.1. The zero-order valence-electron chi connectivity index (χ0n) is 16.3. The molecule has 6 nitrogen and oxygen atoms in total. The minimum atomic E-state index is -0.345. The number of amides is 2. The molecular weight excluding hydrogens is 374 g/mol. The molecule has 3 aliphatic heterocycles. The summed E-state index contributed by atoms with van der Waals surface area (Å²) >= 11 is 1.74. The molecule has 1 saturated carbocycles. The highest BCUT2D eigenvalue weighted by atomic mass is 32.1. The SMILES string of the molecule is COc1ccc(C2CCOCC2)c2sc(C34CCC(CC3)CN4C(N)=O)nc12. The molecule has 4 fully saturated rings. The summed E-state index contributed by atoms with van der Waals surface area (Å²) in [5.74, 6) is 1.87. The van der Waals surface area contributed by atoms with Crippen LogP contribution in [0, 0.1) is 5.92 Å². The number of piperidine rings is 2. The maximum atomic E-state index is 12.3. The maximum absolute atomic E-state index is 12.3. The van der Waals surface area contributed by atoms with Gasteiger partial charge in [0.2, 0.25) is 0 Å². The van der Waals surface area contributed by atoms with Crippen molar-refractivity contribution in [3.8, 4) is 5.75 Å². The molecule has 2 N–H and O–H groups in total. The van der Waals surface area contributed by atoms with Crippen molar-refractivity contribution in [3.63, 3.8) is 0 Å². The number of hydrogen-bond acceptors (Lipinski definition) is 5. The highest BCUT2D eigenvalue weighted by molar-refractivity contribution is 7.19. The number of carbonyl (C=O) groups is 1. The predicted octanol–water partition coefficient (Wildman–Crippen LogP) is 3.98. The zero-order valence-corrected chi connectivity index (χ0v) is 17.1. The van der Waals surface area contributed by atoms with Crippen molar-refractivity contribution in [1.29, 1.82) is 0 Å². The molecule has 0 radical (unpaired) electrons. The lowest BCUT2D eigenvalue weighted by Gasteiger charge is -2.52. The van der Waals surface area contributed by atoms with Gasteiger partial charge in [0.25, 0.3) is 0 Å². The van der Waals surface area contributed by atoms with E-state index in [1.54, 1.807) is 18.4 Å². The third kappa shape index (κ3) is 2.70. The standard InChI is InChI=1S/C21H27N3O3S/c1-26-16-3-2-15(14-6-10-27-11-7-14)18-17(16)23-19(28-18)21-8-4-13(5-9-21)12-24(21)20(22)25/h2-3,13-14H,4-12H2,1H3,(H2,22,25). The van der Waals surface area contributed by atoms with E-state index in [1.165, 1.54) is 10.3 Å². The van der Waals surface area contributed by atoms with Crippen LogP contribution in [0.3, 0.4) is 0 Å². The van der Waals surface area contributed by atoms with Gasteiger partial charge in [-0.3, -0.25) is 0 Å². The molecule has 0 atom stereocenters. The number of nitrogens with zero attached hydrogens (tertiary/aromatic N) is 2. The van der Waals surface area contributed by atoms with Crippen LogP contribution < -0.4 is 10.5 Å². The molecular formula is C21H27N3O3S. The number of ether oxygens (including phenoxy) is 2. The Morgan fingerprint density at radius 1 is 1.29 bits per heavy atom. The molecule has 7 heteroatoms. The van der Waals surface area contributed by atoms with E-state index in [-0.39, 0.29) is 11.6 Å². The van der Waals surface area contributed by atoms with Crippen molar-refractivity contribution in [1.82, 2.24) is 9.88 Å². The fourth-order valence-electron chi connectivity index (χ4n) is 5.37. The number of fused-ring (bicyclic) bond motifs is 4. The Bertz CT molecular complexity index is 898. The summed E-state index contributed by atoms with van der Waals surface area (Å²) in [6.45, 7) is 2.38. The van der Waals surface area contributed by atoms with Crippen LogP contribution in [0.15, 0.2) is 12.1 Å². The second-order valence-corrected chi connectivity index (χ2v) is 9.36. The summed E-state index contributed by atoms with van der Waals surface area (Å²) in [7, 11) is 1.70. The van der Waals surface area contributed by atoms with Gasteiger partial charge >= 0.3 is 6.03 Å². The molecule has 6 rings (SSSR count). The molecule has 4 heterocycles. The molecule has 1 aromatic carbocycles. The first-order valence-electron chi connectivity index (χ1n) is 10.2. The number of rotatable bonds is 3. The second kappa shape index (κ2) is 6.88. The Balaban J connectivity index is 1.65. The van der Waals surface area contributed by atoms with Crippen molar-refractivity contribution < 1.29 is 14.3 Å². The lowest BCUT2D eigenvalue weighted by Crippen LogP contribution is -2.59. The van der Waals surface area contributed by atoms with Crippen molar-refractivity contribution in [3.05, 3.63) is 22.7 Å². The van der Waals surface area contributed by atoms with Crippen LogP contribution in [0.4, 0.5) is 4.79 Å². The largest absolute Gasteiger partial charge is 0.494 e. The number of aromatic nitrogens is 1. The van der Waals surface area contributed by atoms with Gasteiger partial charge in [-0.05, 0) is 62.0 Å². The second-order valence-electron chi connectivity index (χ2n) is 8.36. The maximum Gasteiger partial charge on any atom is 0.315 e. The molecule has 1 aromatic heterocycles. The summed E-state index contributed by atoms with van der Waals surface area (Å²) in [5, 5.41) is 1.03. The van der Waals surface area contributed by atoms with E-state index < -0.39 is 0 Å². The van der Waals surface area contributed by atoms with Crippen LogP contribution in [0.25, 0.3) is 10.2 Å². The topological polar surface area (TPSA) is 77.7 Å². The highest BCUT2D eigenvalue weighted by Crippen LogP contribution is 2.52. The Morgan fingerprint density at radius 3 is 2.71 bits per heavy atom. The number of urea groups is 1. The summed E-state index contributed by atoms with van der Waals surface area (Å²) in [6.07, 6.45) is 6.27. The predicted molar refractivity (Wildman–Crippen MR) is 109 cm³/mol. The Labute approximate surface area is 169 Å². The van der Waals surface area contributed by atoms with Gasteiger partial charge in [0.05, 0.1) is 17.3 Å². The van der Waals surface area contributed by atoms with Gasteiger partial charge in [0.15, 0.2) is 0 Å². The Hall–Kier alpha value is -1.86. The smallest absolute Gasteiger partial charge is 0.315 e. The summed E-state index contributed by atoms with van der Waals surface area (Å²) in [4.78, 5) is 19.2. The van der Waals surface area contributed by atoms with Crippen molar-refractivity contribution in [2.75, 3.05) is 26.9 Å². The number of thiazole rings is 1. The molecule has 28 heavy (non-hydrogen) atoms. The van der Waals surface area contributed by atoms with E-state index >= 15 is 0 Å². The average molecular weight is 402 g/mol. The van der Waals surface area contributed by atoms with Crippen LogP contribution in [0.2, 0.25) is 0 Å². The summed E-state index contributed by atoms with van der Waals surface area (Å²) in [6, 6.07) is 3.92. The molecule has 3 saturated heterocycles. The van der Waals surface area contributed by atoms with E-state index in [0.29, 0.717) is 11.8 Å². The van der Waals surface area contributed by atoms with Crippen molar-refractivity contribution in [2.45, 2.75) is 50.0 Å². The number of carbonyl (C=O) groups excluding carboxylic acids is 1. The van der Waals surface area contributed by atoms with Gasteiger partial charge in [-0.2, -0.15) is 0 Å². The third-order valence-corrected chi connectivity index (χ3v) is 8.27. The minimum Gasteiger partial charge on any atom is -0.494 e. The van der Waals surface area contributed by atoms with Gasteiger partial charge in [-0.25, -0.2) is 9.78 Å². The van der Waals surface area contributed by atoms with Crippen molar-refractivity contribution >= 4 is 27.6 Å². The van der Waals surface area contributed by atoms with Crippen LogP contribution in [0.1, 0.15) is 55.0 Å². The van der Waals surface area contributed by atoms with E-state index in [2.05, 4.69) is 6.07 Å². The van der Waals surface area contributed by atoms with E-state index in [9.17, 15) is 4.79 Å². The monoisotopic (exact) mass is 401 g/mol. The molecule has 150 valence electrons. The molecule has 1 aliphatic carbocycles. The average Bonchev–Trinajstić information content (AvgIpc) is 3.20. The zero-order chi connectivity index (χ0) is 19.3. The van der Waals surface area contributed by atoms with E-state index in [0.717, 1.165) is 74.6 Å². The quantitative estimate of drug-likeness (QED) is 0.844. The molecule has 0 spiro atoms. The number of benzene rings is 1. The Morgan fingerprint density at radius 2 is 2.04 bits per heavy atom. The van der Waals surface area contributed by atoms with Crippen LogP contribution in [-0.2, 0) is 10.3 Å². The third-order valence-electron chi connectivity index (χ3n) is 6.97. The Kier molecular flexibility index (Phi) is 4.47. The normalized spacial score (nSPS) is 28.0. The van der Waals surface area contributed by atoms with Crippen LogP contribution in [0.5, 0.6) is 5.75 Å². The molecule has 2 aromatic rings. The number of methoxy groups -OCH3 is 1. The fraction of sp³-hybridized carbons (Fsp3) is 0.619. The number of primary amides is 1. The first kappa shape index (κ1) is 18.2. The van der Waals surface area contributed by atoms with Gasteiger partial charge in [0.1, 0.15) is 16.3 Å². The van der Waals surface area contributed by atoms with Crippen LogP contribution >= 0.6 is 11.3 Å². The van der Waals surface area contributed by atoms with Gasteiger partial charge < -0.3 is 20.1 Å². The molecule has 4 aliphatic rings. The van der Waals surface area contributed by atoms with Crippen LogP contribution in [-0.4, -0.2) is 42.8 Å². The van der Waals surface area contributed by atoms with E-state index in [4.69, 9.17) is 20.2 Å². The number of nitrogens with two attached hydrogens (primary N) is 1. The lowest BCUT2D eigenvalue weighted by molar-refractivity contribution is -0.00402.